The SMILES string of the molecule is CCCCCCCCCCCCCCCCNC(=O)c1ccc(OCC)cc1. The van der Waals surface area contributed by atoms with Crippen molar-refractivity contribution >= 4 is 5.91 Å². The normalized spacial score (nSPS) is 10.8. The molecule has 3 nitrogen and oxygen atoms in total. The van der Waals surface area contributed by atoms with Crippen molar-refractivity contribution in [2.24, 2.45) is 0 Å². The highest BCUT2D eigenvalue weighted by Crippen LogP contribution is 2.13. The number of carbonyl (C=O) groups is 1. The number of benzene rings is 1. The topological polar surface area (TPSA) is 38.3 Å². The van der Waals surface area contributed by atoms with Crippen LogP contribution < -0.4 is 10.1 Å². The molecule has 0 aliphatic carbocycles. The van der Waals surface area contributed by atoms with E-state index in [4.69, 9.17) is 4.74 Å². The number of carbonyl (C=O) groups excluding carboxylic acids is 1. The van der Waals surface area contributed by atoms with Crippen LogP contribution in [-0.4, -0.2) is 19.1 Å². The number of nitrogens with one attached hydrogen (secondary N) is 1. The minimum absolute atomic E-state index is 0.0118. The summed E-state index contributed by atoms with van der Waals surface area (Å²) in [4.78, 5) is 12.1. The van der Waals surface area contributed by atoms with E-state index >= 15 is 0 Å². The van der Waals surface area contributed by atoms with E-state index in [0.29, 0.717) is 12.2 Å². The minimum Gasteiger partial charge on any atom is -0.494 e. The van der Waals surface area contributed by atoms with E-state index in [2.05, 4.69) is 12.2 Å². The maximum absolute atomic E-state index is 12.1. The van der Waals surface area contributed by atoms with E-state index in [9.17, 15) is 4.79 Å². The zero-order valence-corrected chi connectivity index (χ0v) is 18.4. The van der Waals surface area contributed by atoms with Crippen molar-refractivity contribution in [3.8, 4) is 5.75 Å². The molecule has 1 amide bonds. The lowest BCUT2D eigenvalue weighted by atomic mass is 10.0. The van der Waals surface area contributed by atoms with Crippen molar-refractivity contribution in [1.29, 1.82) is 0 Å². The van der Waals surface area contributed by atoms with Crippen LogP contribution in [0.25, 0.3) is 0 Å². The molecule has 0 saturated carbocycles. The maximum atomic E-state index is 12.1. The maximum Gasteiger partial charge on any atom is 0.251 e. The van der Waals surface area contributed by atoms with Crippen LogP contribution >= 0.6 is 0 Å². The quantitative estimate of drug-likeness (QED) is 0.268. The first-order valence-electron chi connectivity index (χ1n) is 11.8. The molecule has 0 fully saturated rings. The minimum atomic E-state index is 0.0118. The summed E-state index contributed by atoms with van der Waals surface area (Å²) in [5.41, 5.74) is 0.703. The van der Waals surface area contributed by atoms with E-state index in [1.54, 1.807) is 0 Å². The van der Waals surface area contributed by atoms with Gasteiger partial charge in [0, 0.05) is 12.1 Å². The summed E-state index contributed by atoms with van der Waals surface area (Å²) in [6, 6.07) is 7.35. The third-order valence-electron chi connectivity index (χ3n) is 5.24. The molecular weight excluding hydrogens is 346 g/mol. The van der Waals surface area contributed by atoms with Crippen LogP contribution in [0, 0.1) is 0 Å². The predicted octanol–water partition coefficient (Wildman–Crippen LogP) is 7.30. The number of unbranched alkanes of at least 4 members (excludes halogenated alkanes) is 13. The van der Waals surface area contributed by atoms with Crippen LogP contribution in [-0.2, 0) is 0 Å². The Bertz CT molecular complexity index is 484. The van der Waals surface area contributed by atoms with Gasteiger partial charge in [0.05, 0.1) is 6.61 Å². The monoisotopic (exact) mass is 389 g/mol. The van der Waals surface area contributed by atoms with E-state index in [0.717, 1.165) is 18.7 Å². The second-order valence-electron chi connectivity index (χ2n) is 7.81. The van der Waals surface area contributed by atoms with Crippen LogP contribution in [0.4, 0.5) is 0 Å². The van der Waals surface area contributed by atoms with Gasteiger partial charge in [-0.05, 0) is 37.6 Å². The van der Waals surface area contributed by atoms with Crippen molar-refractivity contribution in [3.63, 3.8) is 0 Å². The highest BCUT2D eigenvalue weighted by Gasteiger charge is 2.04. The predicted molar refractivity (Wildman–Crippen MR) is 120 cm³/mol. The molecule has 1 aromatic rings. The Morgan fingerprint density at radius 3 is 1.64 bits per heavy atom. The molecule has 1 rings (SSSR count). The lowest BCUT2D eigenvalue weighted by molar-refractivity contribution is 0.0953. The molecular formula is C25H43NO2. The highest BCUT2D eigenvalue weighted by atomic mass is 16.5. The summed E-state index contributed by atoms with van der Waals surface area (Å²) in [6.07, 6.45) is 19.0. The second-order valence-corrected chi connectivity index (χ2v) is 7.81. The Morgan fingerprint density at radius 1 is 0.714 bits per heavy atom. The van der Waals surface area contributed by atoms with Crippen LogP contribution in [0.1, 0.15) is 114 Å². The first kappa shape index (κ1) is 24.5. The summed E-state index contributed by atoms with van der Waals surface area (Å²) >= 11 is 0. The van der Waals surface area contributed by atoms with E-state index in [-0.39, 0.29) is 5.91 Å². The average Bonchev–Trinajstić information content (AvgIpc) is 2.71. The van der Waals surface area contributed by atoms with Gasteiger partial charge in [-0.15, -0.1) is 0 Å². The Kier molecular flexibility index (Phi) is 15.4. The van der Waals surface area contributed by atoms with Crippen molar-refractivity contribution < 1.29 is 9.53 Å². The molecule has 0 aromatic heterocycles. The van der Waals surface area contributed by atoms with Gasteiger partial charge >= 0.3 is 0 Å². The molecule has 0 aliphatic rings. The summed E-state index contributed by atoms with van der Waals surface area (Å²) in [5.74, 6) is 0.823. The fourth-order valence-corrected chi connectivity index (χ4v) is 3.49. The van der Waals surface area contributed by atoms with Crippen LogP contribution in [0.15, 0.2) is 24.3 Å². The highest BCUT2D eigenvalue weighted by molar-refractivity contribution is 5.94. The number of hydrogen-bond donors (Lipinski definition) is 1. The first-order chi connectivity index (χ1) is 13.8. The van der Waals surface area contributed by atoms with Crippen LogP contribution in [0.2, 0.25) is 0 Å². The molecule has 3 heteroatoms. The second kappa shape index (κ2) is 17.6. The largest absolute Gasteiger partial charge is 0.494 e. The molecule has 0 radical (unpaired) electrons. The van der Waals surface area contributed by atoms with Gasteiger partial charge in [-0.1, -0.05) is 90.4 Å². The first-order valence-corrected chi connectivity index (χ1v) is 11.8. The fourth-order valence-electron chi connectivity index (χ4n) is 3.49. The number of hydrogen-bond acceptors (Lipinski definition) is 2. The van der Waals surface area contributed by atoms with Gasteiger partial charge in [0.25, 0.3) is 5.91 Å². The molecule has 1 N–H and O–H groups in total. The van der Waals surface area contributed by atoms with E-state index in [1.165, 1.54) is 83.5 Å². The third kappa shape index (κ3) is 12.8. The Morgan fingerprint density at radius 2 is 1.18 bits per heavy atom. The van der Waals surface area contributed by atoms with Crippen molar-refractivity contribution in [3.05, 3.63) is 29.8 Å². The fraction of sp³-hybridized carbons (Fsp3) is 0.720. The van der Waals surface area contributed by atoms with Gasteiger partial charge in [-0.3, -0.25) is 4.79 Å². The molecule has 1 aromatic carbocycles. The van der Waals surface area contributed by atoms with Gasteiger partial charge < -0.3 is 10.1 Å². The molecule has 28 heavy (non-hydrogen) atoms. The zero-order valence-electron chi connectivity index (χ0n) is 18.4. The molecule has 0 heterocycles. The molecule has 160 valence electrons. The Balaban J connectivity index is 1.88. The number of rotatable bonds is 18. The molecule has 0 unspecified atom stereocenters. The van der Waals surface area contributed by atoms with E-state index in [1.807, 2.05) is 31.2 Å². The van der Waals surface area contributed by atoms with E-state index < -0.39 is 0 Å². The molecule has 0 atom stereocenters. The van der Waals surface area contributed by atoms with Gasteiger partial charge in [0.15, 0.2) is 0 Å². The van der Waals surface area contributed by atoms with Gasteiger partial charge in [-0.25, -0.2) is 0 Å². The lowest BCUT2D eigenvalue weighted by Gasteiger charge is -2.07. The molecule has 0 aliphatic heterocycles. The standard InChI is InChI=1S/C25H43NO2/c1-3-5-6-7-8-9-10-11-12-13-14-15-16-17-22-26-25(27)23-18-20-24(21-19-23)28-4-2/h18-21H,3-17,22H2,1-2H3,(H,26,27). The smallest absolute Gasteiger partial charge is 0.251 e. The third-order valence-corrected chi connectivity index (χ3v) is 5.24. The zero-order chi connectivity index (χ0) is 20.3. The number of ether oxygens (including phenoxy) is 1. The summed E-state index contributed by atoms with van der Waals surface area (Å²) in [7, 11) is 0. The van der Waals surface area contributed by atoms with Gasteiger partial charge in [0.1, 0.15) is 5.75 Å². The Labute approximate surface area is 173 Å². The Hall–Kier alpha value is -1.51. The van der Waals surface area contributed by atoms with Crippen molar-refractivity contribution in [1.82, 2.24) is 5.32 Å². The van der Waals surface area contributed by atoms with Gasteiger partial charge in [0.2, 0.25) is 0 Å². The van der Waals surface area contributed by atoms with Crippen LogP contribution in [0.5, 0.6) is 5.75 Å². The number of amides is 1. The van der Waals surface area contributed by atoms with Crippen molar-refractivity contribution in [2.45, 2.75) is 104 Å². The molecule has 0 bridgehead atoms. The van der Waals surface area contributed by atoms with Crippen LogP contribution in [0.3, 0.4) is 0 Å². The lowest BCUT2D eigenvalue weighted by Crippen LogP contribution is -2.24. The average molecular weight is 390 g/mol. The van der Waals surface area contributed by atoms with Crippen molar-refractivity contribution in [2.75, 3.05) is 13.2 Å². The summed E-state index contributed by atoms with van der Waals surface area (Å²) < 4.78 is 5.40. The summed E-state index contributed by atoms with van der Waals surface area (Å²) in [6.45, 7) is 5.64. The summed E-state index contributed by atoms with van der Waals surface area (Å²) in [5, 5.41) is 3.01. The molecule has 0 saturated heterocycles. The van der Waals surface area contributed by atoms with Gasteiger partial charge in [-0.2, -0.15) is 0 Å². The molecule has 0 spiro atoms.